The highest BCUT2D eigenvalue weighted by Gasteiger charge is 2.71. The molecule has 594 valence electrons. The highest BCUT2D eigenvalue weighted by molar-refractivity contribution is 5.75. The van der Waals surface area contributed by atoms with Crippen LogP contribution in [0.4, 0.5) is 9.59 Å². The van der Waals surface area contributed by atoms with Crippen LogP contribution >= 0.6 is 0 Å². The van der Waals surface area contributed by atoms with Crippen LogP contribution in [0.3, 0.4) is 0 Å². The van der Waals surface area contributed by atoms with Gasteiger partial charge in [0.05, 0.1) is 72.5 Å². The number of ether oxygens (including phenoxy) is 8. The van der Waals surface area contributed by atoms with Crippen molar-refractivity contribution in [3.8, 4) is 0 Å². The summed E-state index contributed by atoms with van der Waals surface area (Å²) >= 11 is 0. The van der Waals surface area contributed by atoms with Crippen molar-refractivity contribution in [3.05, 3.63) is 103 Å². The average molecular weight is 1490 g/mol. The summed E-state index contributed by atoms with van der Waals surface area (Å²) in [7, 11) is 0. The number of rotatable bonds is 14. The molecule has 3 aromatic heterocycles. The maximum Gasteiger partial charge on any atom is 0.510 e. The smallest absolute Gasteiger partial charge is 0.438 e. The molecule has 0 spiro atoms. The summed E-state index contributed by atoms with van der Waals surface area (Å²) in [6.07, 6.45) is 30.3. The third-order valence-corrected chi connectivity index (χ3v) is 32.5. The lowest BCUT2D eigenvalue weighted by atomic mass is 9.43. The van der Waals surface area contributed by atoms with Gasteiger partial charge in [0.15, 0.2) is 13.6 Å². The number of hydrogen-bond acceptors (Lipinski definition) is 20. The van der Waals surface area contributed by atoms with Crippen LogP contribution in [-0.4, -0.2) is 102 Å². The van der Waals surface area contributed by atoms with Crippen molar-refractivity contribution >= 4 is 18.3 Å². The second-order valence-electron chi connectivity index (χ2n) is 37.8. The third-order valence-electron chi connectivity index (χ3n) is 32.5. The van der Waals surface area contributed by atoms with E-state index in [9.17, 15) is 44.1 Å². The van der Waals surface area contributed by atoms with Crippen LogP contribution < -0.4 is 16.9 Å². The third kappa shape index (κ3) is 14.4. The number of fused-ring (bicyclic) bond motifs is 15. The molecular weight excluding hydrogens is 1360 g/mol. The summed E-state index contributed by atoms with van der Waals surface area (Å²) < 4.78 is 58.9. The van der Waals surface area contributed by atoms with E-state index in [0.29, 0.717) is 59.9 Å². The standard InChI is InChI=1S/C30H44O6.C29H42O7.C28H40O7/c1-27(2,3)26(32)36-18-35-21-10-13-28(4)20(16-21)7-8-24-23(28)11-14-29(5)22(12-15-30(24,29)33)19-6-9-25(31)34-17-19;1-5-33-26(31)36-18(2)35-21-10-13-27(3)20(16-21)7-8-24-23(27)11-14-28(4)22(12-15-29(24,28)32)19-6-9-25(30)34-17-19;1-4-32-25(30)35-17-34-20-9-12-26(2)19(15-20)6-7-23-22(26)10-13-27(3)21(11-14-28(23,27)31)18-5-8-24(29)33-16-18/h6,9,17,20-24,33H,7-8,10-16,18H2,1-5H3;6,9,17-18,20-24,32H,5,7-8,10-16H2,1-4H3;5,8,16,19-23,31H,4,6-7,9-15,17H2,1-3H3/t20-,21+,22-,23+,24-,28+,29-,30+;18?,20-,21+,22-,23+,24-,27+,28-,29+;19-,20+,21-,22+,23-,26+,27-,28+/m111/s1. The molecule has 0 bridgehead atoms. The van der Waals surface area contributed by atoms with E-state index in [0.717, 1.165) is 190 Å². The Morgan fingerprint density at radius 3 is 1.12 bits per heavy atom. The van der Waals surface area contributed by atoms with Gasteiger partial charge in [0.1, 0.15) is 0 Å². The van der Waals surface area contributed by atoms with Gasteiger partial charge in [-0.3, -0.25) is 4.79 Å². The minimum Gasteiger partial charge on any atom is -0.438 e. The molecule has 3 heterocycles. The van der Waals surface area contributed by atoms with E-state index in [1.54, 1.807) is 39.6 Å². The van der Waals surface area contributed by atoms with Gasteiger partial charge in [0, 0.05) is 34.4 Å². The number of esters is 1. The van der Waals surface area contributed by atoms with Gasteiger partial charge in [0.25, 0.3) is 0 Å². The van der Waals surface area contributed by atoms with Gasteiger partial charge in [-0.1, -0.05) is 41.5 Å². The molecule has 15 rings (SSSR count). The molecule has 0 saturated heterocycles. The van der Waals surface area contributed by atoms with E-state index in [4.69, 9.17) is 51.1 Å². The van der Waals surface area contributed by atoms with Gasteiger partial charge in [-0.2, -0.15) is 0 Å². The normalized spacial score (nSPS) is 42.4. The molecule has 3 N–H and O–H groups in total. The summed E-state index contributed by atoms with van der Waals surface area (Å²) in [5, 5.41) is 37.1. The molecule has 12 aliphatic carbocycles. The lowest BCUT2D eigenvalue weighted by Gasteiger charge is -2.63. The van der Waals surface area contributed by atoms with Crippen molar-refractivity contribution in [3.63, 3.8) is 0 Å². The monoisotopic (exact) mass is 1490 g/mol. The number of aliphatic hydroxyl groups is 3. The first-order chi connectivity index (χ1) is 50.7. The second-order valence-corrected chi connectivity index (χ2v) is 37.8. The summed E-state index contributed by atoms with van der Waals surface area (Å²) in [4.78, 5) is 69.7. The second kappa shape index (κ2) is 30.6. The van der Waals surface area contributed by atoms with Crippen LogP contribution in [0.15, 0.2) is 82.8 Å². The number of carbonyl (C=O) groups is 3. The van der Waals surface area contributed by atoms with Crippen LogP contribution in [0, 0.1) is 91.2 Å². The molecular formula is C87H126O20. The fourth-order valence-electron chi connectivity index (χ4n) is 26.6. The molecule has 12 aliphatic rings. The Balaban J connectivity index is 0.000000142. The Morgan fingerprint density at radius 2 is 0.776 bits per heavy atom. The van der Waals surface area contributed by atoms with Crippen molar-refractivity contribution in [1.82, 2.24) is 0 Å². The van der Waals surface area contributed by atoms with Crippen LogP contribution in [0.5, 0.6) is 0 Å². The molecule has 0 amide bonds. The van der Waals surface area contributed by atoms with E-state index in [-0.39, 0.29) is 112 Å². The predicted octanol–water partition coefficient (Wildman–Crippen LogP) is 17.0. The zero-order valence-corrected chi connectivity index (χ0v) is 66.1. The maximum absolute atomic E-state index is 12.4. The van der Waals surface area contributed by atoms with Crippen LogP contribution in [0.2, 0.25) is 0 Å². The van der Waals surface area contributed by atoms with Crippen LogP contribution in [-0.2, 0) is 42.7 Å². The summed E-state index contributed by atoms with van der Waals surface area (Å²) in [6, 6.07) is 10.2. The summed E-state index contributed by atoms with van der Waals surface area (Å²) in [5.74, 6) is 4.51. The van der Waals surface area contributed by atoms with Crippen molar-refractivity contribution < 1.29 is 80.8 Å². The maximum atomic E-state index is 12.4. The van der Waals surface area contributed by atoms with Gasteiger partial charge in [-0.05, 0) is 337 Å². The minimum atomic E-state index is -0.694. The van der Waals surface area contributed by atoms with Crippen LogP contribution in [0.1, 0.15) is 291 Å². The highest BCUT2D eigenvalue weighted by atomic mass is 16.8. The zero-order valence-electron chi connectivity index (χ0n) is 66.1. The molecule has 1 unspecified atom stereocenters. The van der Waals surface area contributed by atoms with Crippen molar-refractivity contribution in [1.29, 1.82) is 0 Å². The SMILES string of the molecule is CC(C)(C)C(=O)OCO[C@H]1CC[C@@]2(C)[C@H](CC[C@@H]3[C@@H]2CC[C@]2(C)[C@@H](c4ccc(=O)oc4)CC[C@]32O)C1.CCOC(=O)OC(C)O[C@H]1CC[C@@]2(C)[C@H](CC[C@@H]3[C@@H]2CC[C@]2(C)[C@@H](c4ccc(=O)oc4)CC[C@]32O)C1.CCOC(=O)OCO[C@H]1CC[C@@]2(C)[C@H](CC[C@@H]3[C@@H]2CC[C@]2(C)[C@@H](c4ccc(=O)oc4)CC[C@]32O)C1. The fourth-order valence-corrected chi connectivity index (χ4v) is 26.6. The van der Waals surface area contributed by atoms with E-state index < -0.39 is 40.8 Å². The van der Waals surface area contributed by atoms with Crippen molar-refractivity contribution in [2.24, 2.45) is 91.2 Å². The molecule has 0 aromatic carbocycles. The lowest BCUT2D eigenvalue weighted by molar-refractivity contribution is -0.216. The quantitative estimate of drug-likeness (QED) is 0.0768. The fraction of sp³-hybridized carbons (Fsp3) is 0.793. The van der Waals surface area contributed by atoms with Gasteiger partial charge in [-0.25, -0.2) is 24.0 Å². The van der Waals surface area contributed by atoms with Gasteiger partial charge in [-0.15, -0.1) is 0 Å². The van der Waals surface area contributed by atoms with Gasteiger partial charge in [0.2, 0.25) is 6.29 Å². The van der Waals surface area contributed by atoms with E-state index in [2.05, 4.69) is 41.5 Å². The zero-order chi connectivity index (χ0) is 76.5. The van der Waals surface area contributed by atoms with Gasteiger partial charge < -0.3 is 66.5 Å². The molecule has 107 heavy (non-hydrogen) atoms. The number of carbonyl (C=O) groups excluding carboxylic acids is 3. The van der Waals surface area contributed by atoms with E-state index >= 15 is 0 Å². The molecule has 12 fully saturated rings. The Morgan fingerprint density at radius 1 is 0.430 bits per heavy atom. The Bertz CT molecular complexity index is 3760. The molecule has 20 nitrogen and oxygen atoms in total. The van der Waals surface area contributed by atoms with E-state index in [1.807, 2.05) is 39.0 Å². The Labute approximate surface area is 632 Å². The Hall–Kier alpha value is -5.38. The Kier molecular flexibility index (Phi) is 22.8. The van der Waals surface area contributed by atoms with Crippen molar-refractivity contribution in [2.45, 2.75) is 316 Å². The van der Waals surface area contributed by atoms with Crippen LogP contribution in [0.25, 0.3) is 0 Å². The largest absolute Gasteiger partial charge is 0.510 e. The van der Waals surface area contributed by atoms with E-state index in [1.165, 1.54) is 18.2 Å². The van der Waals surface area contributed by atoms with Gasteiger partial charge >= 0.3 is 35.2 Å². The highest BCUT2D eigenvalue weighted by Crippen LogP contribution is 2.74. The first kappa shape index (κ1) is 79.7. The molecule has 3 aromatic rings. The minimum absolute atomic E-state index is 0.0371. The lowest BCUT2D eigenvalue weighted by Crippen LogP contribution is -2.62. The molecule has 20 heteroatoms. The average Bonchev–Trinajstić information content (AvgIpc) is 1.69. The summed E-state index contributed by atoms with van der Waals surface area (Å²) in [5.41, 5.74) is -0.443. The molecule has 0 radical (unpaired) electrons. The summed E-state index contributed by atoms with van der Waals surface area (Å²) in [6.45, 7) is 25.6. The predicted molar refractivity (Wildman–Crippen MR) is 398 cm³/mol. The topological polar surface area (TPSA) is 276 Å². The molecule has 0 aliphatic heterocycles. The number of hydrogen-bond donors (Lipinski definition) is 3. The first-order valence-electron chi connectivity index (χ1n) is 41.3. The van der Waals surface area contributed by atoms with Crippen molar-refractivity contribution in [2.75, 3.05) is 26.8 Å². The molecule has 25 atom stereocenters. The first-order valence-corrected chi connectivity index (χ1v) is 41.3. The molecule has 12 saturated carbocycles.